The van der Waals surface area contributed by atoms with Crippen LogP contribution >= 0.6 is 0 Å². The summed E-state index contributed by atoms with van der Waals surface area (Å²) in [7, 11) is 0. The molecule has 0 N–H and O–H groups in total. The van der Waals surface area contributed by atoms with Gasteiger partial charge >= 0.3 is 103 Å². The van der Waals surface area contributed by atoms with E-state index in [4.69, 9.17) is 0 Å². The van der Waals surface area contributed by atoms with E-state index >= 15 is 0 Å². The summed E-state index contributed by atoms with van der Waals surface area (Å²) in [6.45, 7) is 1.53. The van der Waals surface area contributed by atoms with Crippen molar-refractivity contribution in [2.75, 3.05) is 0 Å². The number of carbonyl (C=O) groups excluding carboxylic acids is 2. The summed E-state index contributed by atoms with van der Waals surface area (Å²) in [5.41, 5.74) is 0. The second-order valence-corrected chi connectivity index (χ2v) is 1.76. The van der Waals surface area contributed by atoms with Crippen LogP contribution in [0.2, 0.25) is 0 Å². The normalized spacial score (nSPS) is 6.90. The first-order valence-corrected chi connectivity index (χ1v) is 2.70. The largest absolute Gasteiger partial charge is 1.00 e. The third kappa shape index (κ3) is 16.9. The Hall–Kier alpha value is 2.61. The van der Waals surface area contributed by atoms with E-state index in [0.717, 1.165) is 6.29 Å². The van der Waals surface area contributed by atoms with Crippen LogP contribution in [0.25, 0.3) is 0 Å². The Bertz CT molecular complexity index is 102. The van der Waals surface area contributed by atoms with Gasteiger partial charge in [-0.05, 0) is 13.3 Å². The molecule has 50 valence electrons. The molecule has 0 rings (SSSR count). The fourth-order valence-corrected chi connectivity index (χ4v) is 0.434. The number of aldehydes is 1. The van der Waals surface area contributed by atoms with Crippen LogP contribution in [0.15, 0.2) is 0 Å². The fourth-order valence-electron chi connectivity index (χ4n) is 0.434. The van der Waals surface area contributed by atoms with Gasteiger partial charge in [0, 0.05) is 12.8 Å². The predicted molar refractivity (Wildman–Crippen MR) is 32.8 cm³/mol. The van der Waals surface area contributed by atoms with Crippen LogP contribution in [-0.4, -0.2) is 12.1 Å². The molecule has 2 nitrogen and oxygen atoms in total. The summed E-state index contributed by atoms with van der Waals surface area (Å²) in [5.74, 6) is 0.159. The number of Topliss-reactive ketones (excluding diaryl/α,β-unsaturated/α-hetero) is 1. The number of hydrogen-bond acceptors (Lipinski definition) is 2. The summed E-state index contributed by atoms with van der Waals surface area (Å²) in [6.07, 6.45) is 2.60. The Kier molecular flexibility index (Phi) is 26.1. The first-order chi connectivity index (χ1) is 3.77. The molecule has 0 fully saturated rings. The van der Waals surface area contributed by atoms with Gasteiger partial charge in [-0.15, -0.1) is 0 Å². The van der Waals surface area contributed by atoms with Crippen LogP contribution in [0.4, 0.5) is 0 Å². The number of hydrogen-bond donors (Lipinski definition) is 0. The minimum absolute atomic E-state index is 0. The molecule has 0 aliphatic carbocycles. The smallest absolute Gasteiger partial charge is 1.00 e. The molecule has 0 bridgehead atoms. The number of carbonyl (C=O) groups is 2. The summed E-state index contributed by atoms with van der Waals surface area (Å²) in [4.78, 5) is 19.9. The van der Waals surface area contributed by atoms with Crippen LogP contribution < -0.4 is 103 Å². The van der Waals surface area contributed by atoms with Gasteiger partial charge in [0.25, 0.3) is 0 Å². The Morgan fingerprint density at radius 1 is 1.50 bits per heavy atom. The second-order valence-electron chi connectivity index (χ2n) is 1.76. The van der Waals surface area contributed by atoms with Gasteiger partial charge in [-0.25, -0.2) is 0 Å². The molecule has 10 heavy (non-hydrogen) atoms. The zero-order chi connectivity index (χ0) is 6.41. The van der Waals surface area contributed by atoms with Gasteiger partial charge in [0.05, 0.1) is 0 Å². The molecule has 0 saturated heterocycles. The third-order valence-electron chi connectivity index (χ3n) is 0.851. The van der Waals surface area contributed by atoms with Crippen molar-refractivity contribution in [1.82, 2.24) is 0 Å². The van der Waals surface area contributed by atoms with Crippen molar-refractivity contribution < 1.29 is 115 Å². The Morgan fingerprint density at radius 3 is 2.30 bits per heavy atom. The van der Waals surface area contributed by atoms with Crippen LogP contribution in [0.5, 0.6) is 0 Å². The number of rotatable bonds is 4. The minimum Gasteiger partial charge on any atom is -1.00 e. The molecule has 4 heteroatoms. The SMILES string of the molecule is CC(=O)CCCC=O.[H-].[H-].[K+].[K+]. The van der Waals surface area contributed by atoms with Crippen LogP contribution in [0.1, 0.15) is 29.0 Å². The molecule has 0 atom stereocenters. The fraction of sp³-hybridized carbons (Fsp3) is 0.667. The molecule has 0 aromatic carbocycles. The maximum absolute atomic E-state index is 10.2. The van der Waals surface area contributed by atoms with Crippen LogP contribution in [0.3, 0.4) is 0 Å². The van der Waals surface area contributed by atoms with Crippen LogP contribution in [-0.2, 0) is 9.59 Å². The van der Waals surface area contributed by atoms with Gasteiger partial charge in [-0.1, -0.05) is 0 Å². The molecule has 0 amide bonds. The van der Waals surface area contributed by atoms with Gasteiger partial charge < -0.3 is 12.4 Å². The summed E-state index contributed by atoms with van der Waals surface area (Å²) < 4.78 is 0. The van der Waals surface area contributed by atoms with E-state index in [0.29, 0.717) is 19.3 Å². The summed E-state index contributed by atoms with van der Waals surface area (Å²) >= 11 is 0. The van der Waals surface area contributed by atoms with E-state index in [9.17, 15) is 9.59 Å². The van der Waals surface area contributed by atoms with Crippen LogP contribution in [0, 0.1) is 0 Å². The van der Waals surface area contributed by atoms with Crippen molar-refractivity contribution in [2.24, 2.45) is 0 Å². The molecular weight excluding hydrogens is 182 g/mol. The minimum atomic E-state index is 0. The Balaban J connectivity index is -0.0000000408. The molecule has 0 aromatic rings. The van der Waals surface area contributed by atoms with Gasteiger partial charge in [-0.3, -0.25) is 0 Å². The zero-order valence-corrected chi connectivity index (χ0v) is 13.3. The molecule has 0 spiro atoms. The van der Waals surface area contributed by atoms with E-state index in [1.807, 2.05) is 0 Å². The van der Waals surface area contributed by atoms with Crippen molar-refractivity contribution in [3.8, 4) is 0 Å². The molecule has 0 aliphatic heterocycles. The van der Waals surface area contributed by atoms with Crippen molar-refractivity contribution in [1.29, 1.82) is 0 Å². The van der Waals surface area contributed by atoms with Crippen molar-refractivity contribution in [3.05, 3.63) is 0 Å². The molecule has 0 radical (unpaired) electrons. The monoisotopic (exact) mass is 194 g/mol. The molecule has 0 aliphatic rings. The first-order valence-electron chi connectivity index (χ1n) is 2.70. The molecule has 0 saturated carbocycles. The standard InChI is InChI=1S/C6H10O2.2K.2H/c1-6(8)4-2-3-5-7;;;;/h5H,2-4H2,1H3;;;;/q;2*+1;2*-1. The van der Waals surface area contributed by atoms with Crippen molar-refractivity contribution in [3.63, 3.8) is 0 Å². The quantitative estimate of drug-likeness (QED) is 0.256. The molecular formula is C6H12K2O2. The number of ketones is 1. The van der Waals surface area contributed by atoms with E-state index in [1.165, 1.54) is 6.92 Å². The first kappa shape index (κ1) is 18.4. The average Bonchev–Trinajstić information content (AvgIpc) is 1.66. The number of unbranched alkanes of at least 4 members (excludes halogenated alkanes) is 1. The average molecular weight is 194 g/mol. The Labute approximate surface area is 150 Å². The van der Waals surface area contributed by atoms with Crippen molar-refractivity contribution >= 4 is 12.1 Å². The molecule has 0 aromatic heterocycles. The molecule has 0 heterocycles. The maximum atomic E-state index is 10.2. The summed E-state index contributed by atoms with van der Waals surface area (Å²) in [5, 5.41) is 0. The van der Waals surface area contributed by atoms with Gasteiger partial charge in [0.2, 0.25) is 0 Å². The van der Waals surface area contributed by atoms with Gasteiger partial charge in [0.15, 0.2) is 0 Å². The zero-order valence-electron chi connectivity index (χ0n) is 9.02. The van der Waals surface area contributed by atoms with Crippen molar-refractivity contribution in [2.45, 2.75) is 26.2 Å². The summed E-state index contributed by atoms with van der Waals surface area (Å²) in [6, 6.07) is 0. The van der Waals surface area contributed by atoms with Gasteiger partial charge in [0.1, 0.15) is 12.1 Å². The second kappa shape index (κ2) is 14.2. The van der Waals surface area contributed by atoms with E-state index in [1.54, 1.807) is 0 Å². The third-order valence-corrected chi connectivity index (χ3v) is 0.851. The van der Waals surface area contributed by atoms with E-state index < -0.39 is 0 Å². The Morgan fingerprint density at radius 2 is 2.00 bits per heavy atom. The van der Waals surface area contributed by atoms with E-state index in [2.05, 4.69) is 0 Å². The molecule has 0 unspecified atom stereocenters. The topological polar surface area (TPSA) is 34.1 Å². The van der Waals surface area contributed by atoms with Gasteiger partial charge in [-0.2, -0.15) is 0 Å². The maximum Gasteiger partial charge on any atom is 1.00 e. The van der Waals surface area contributed by atoms with E-state index in [-0.39, 0.29) is 111 Å². The predicted octanol–water partition coefficient (Wildman–Crippen LogP) is -4.82.